The van der Waals surface area contributed by atoms with Crippen molar-refractivity contribution in [2.75, 3.05) is 5.32 Å². The smallest absolute Gasteiger partial charge is 0.280 e. The number of nitrogens with zero attached hydrogens (tertiary/aromatic N) is 1. The molecule has 1 atom stereocenters. The van der Waals surface area contributed by atoms with Gasteiger partial charge in [-0.1, -0.05) is 30.3 Å². The topological polar surface area (TPSA) is 109 Å². The van der Waals surface area contributed by atoms with Crippen LogP contribution in [0.25, 0.3) is 11.3 Å². The SMILES string of the molecule is CC1=C(C(=O)Nc2ccccc2)[C@@H](c2ccc(-c3ccccc3[N+](=O)[O-])o2)NC(=S)N1. The Hall–Kier alpha value is -3.98. The highest BCUT2D eigenvalue weighted by Gasteiger charge is 2.32. The molecule has 8 nitrogen and oxygen atoms in total. The maximum Gasteiger partial charge on any atom is 0.280 e. The predicted molar refractivity (Wildman–Crippen MR) is 120 cm³/mol. The summed E-state index contributed by atoms with van der Waals surface area (Å²) in [6.45, 7) is 1.76. The zero-order valence-electron chi connectivity index (χ0n) is 16.4. The van der Waals surface area contributed by atoms with Gasteiger partial charge < -0.3 is 20.4 Å². The molecule has 0 fully saturated rings. The van der Waals surface area contributed by atoms with Crippen molar-refractivity contribution in [1.82, 2.24) is 10.6 Å². The van der Waals surface area contributed by atoms with Crippen LogP contribution in [-0.2, 0) is 4.79 Å². The molecule has 0 spiro atoms. The Kier molecular flexibility index (Phi) is 5.50. The van der Waals surface area contributed by atoms with E-state index in [0.717, 1.165) is 0 Å². The number of allylic oxidation sites excluding steroid dienone is 1. The highest BCUT2D eigenvalue weighted by molar-refractivity contribution is 7.80. The van der Waals surface area contributed by atoms with Gasteiger partial charge in [0.05, 0.1) is 16.1 Å². The van der Waals surface area contributed by atoms with Gasteiger partial charge in [-0.25, -0.2) is 0 Å². The van der Waals surface area contributed by atoms with E-state index >= 15 is 0 Å². The van der Waals surface area contributed by atoms with Crippen molar-refractivity contribution in [3.05, 3.63) is 93.9 Å². The summed E-state index contributed by atoms with van der Waals surface area (Å²) in [4.78, 5) is 24.0. The maximum absolute atomic E-state index is 13.1. The fourth-order valence-corrected chi connectivity index (χ4v) is 3.69. The number of thiocarbonyl (C=S) groups is 1. The number of nitro benzene ring substituents is 1. The number of nitrogens with one attached hydrogen (secondary N) is 3. The number of nitro groups is 1. The number of benzene rings is 2. The number of amides is 1. The van der Waals surface area contributed by atoms with Crippen LogP contribution in [0.3, 0.4) is 0 Å². The molecular formula is C22H18N4O4S. The molecule has 1 amide bonds. The molecule has 1 aliphatic heterocycles. The van der Waals surface area contributed by atoms with Crippen molar-refractivity contribution in [2.45, 2.75) is 13.0 Å². The zero-order chi connectivity index (χ0) is 22.0. The Morgan fingerprint density at radius 2 is 1.81 bits per heavy atom. The van der Waals surface area contributed by atoms with Crippen LogP contribution in [0.5, 0.6) is 0 Å². The summed E-state index contributed by atoms with van der Waals surface area (Å²) in [5.74, 6) is 0.420. The van der Waals surface area contributed by atoms with E-state index in [1.54, 1.807) is 49.4 Å². The summed E-state index contributed by atoms with van der Waals surface area (Å²) < 4.78 is 5.96. The van der Waals surface area contributed by atoms with E-state index in [9.17, 15) is 14.9 Å². The number of anilines is 1. The average molecular weight is 434 g/mol. The molecule has 0 aliphatic carbocycles. The monoisotopic (exact) mass is 434 g/mol. The third-order valence-electron chi connectivity index (χ3n) is 4.82. The number of para-hydroxylation sites is 2. The second-order valence-corrected chi connectivity index (χ2v) is 7.27. The number of furan rings is 1. The Morgan fingerprint density at radius 3 is 2.55 bits per heavy atom. The van der Waals surface area contributed by atoms with Crippen LogP contribution in [0, 0.1) is 10.1 Å². The molecule has 4 rings (SSSR count). The molecule has 156 valence electrons. The molecule has 3 aromatic rings. The lowest BCUT2D eigenvalue weighted by Gasteiger charge is -2.28. The fourth-order valence-electron chi connectivity index (χ4n) is 3.42. The van der Waals surface area contributed by atoms with Crippen LogP contribution in [-0.4, -0.2) is 15.9 Å². The Labute approximate surface area is 183 Å². The molecule has 0 saturated heterocycles. The van der Waals surface area contributed by atoms with E-state index in [0.29, 0.717) is 39.2 Å². The number of hydrogen-bond donors (Lipinski definition) is 3. The van der Waals surface area contributed by atoms with E-state index < -0.39 is 11.0 Å². The van der Waals surface area contributed by atoms with Gasteiger partial charge in [0.1, 0.15) is 17.6 Å². The van der Waals surface area contributed by atoms with E-state index in [-0.39, 0.29) is 11.6 Å². The van der Waals surface area contributed by atoms with Gasteiger partial charge in [0.25, 0.3) is 11.6 Å². The maximum atomic E-state index is 13.1. The van der Waals surface area contributed by atoms with E-state index in [4.69, 9.17) is 16.6 Å². The number of carbonyl (C=O) groups is 1. The van der Waals surface area contributed by atoms with Crippen LogP contribution < -0.4 is 16.0 Å². The van der Waals surface area contributed by atoms with Crippen LogP contribution in [0.4, 0.5) is 11.4 Å². The number of hydrogen-bond acceptors (Lipinski definition) is 5. The molecule has 31 heavy (non-hydrogen) atoms. The average Bonchev–Trinajstić information content (AvgIpc) is 3.24. The molecule has 2 aromatic carbocycles. The van der Waals surface area contributed by atoms with Crippen molar-refractivity contribution < 1.29 is 14.1 Å². The van der Waals surface area contributed by atoms with E-state index in [2.05, 4.69) is 16.0 Å². The second kappa shape index (κ2) is 8.41. The van der Waals surface area contributed by atoms with Crippen LogP contribution in [0.15, 0.2) is 82.4 Å². The fraction of sp³-hybridized carbons (Fsp3) is 0.0909. The molecule has 2 heterocycles. The van der Waals surface area contributed by atoms with Gasteiger partial charge in [-0.15, -0.1) is 0 Å². The van der Waals surface area contributed by atoms with Crippen molar-refractivity contribution in [2.24, 2.45) is 0 Å². The third kappa shape index (κ3) is 4.17. The first kappa shape index (κ1) is 20.3. The summed E-state index contributed by atoms with van der Waals surface area (Å²) in [5, 5.41) is 20.6. The first-order valence-electron chi connectivity index (χ1n) is 9.42. The zero-order valence-corrected chi connectivity index (χ0v) is 17.2. The van der Waals surface area contributed by atoms with Crippen molar-refractivity contribution in [1.29, 1.82) is 0 Å². The Morgan fingerprint density at radius 1 is 1.10 bits per heavy atom. The molecule has 0 unspecified atom stereocenters. The van der Waals surface area contributed by atoms with Crippen LogP contribution in [0.2, 0.25) is 0 Å². The molecule has 9 heteroatoms. The van der Waals surface area contributed by atoms with Crippen LogP contribution in [0.1, 0.15) is 18.7 Å². The van der Waals surface area contributed by atoms with Gasteiger partial charge >= 0.3 is 0 Å². The van der Waals surface area contributed by atoms with Crippen molar-refractivity contribution in [3.8, 4) is 11.3 Å². The van der Waals surface area contributed by atoms with Crippen molar-refractivity contribution >= 4 is 34.6 Å². The lowest BCUT2D eigenvalue weighted by atomic mass is 10.00. The third-order valence-corrected chi connectivity index (χ3v) is 5.04. The molecular weight excluding hydrogens is 416 g/mol. The number of carbonyl (C=O) groups excluding carboxylic acids is 1. The van der Waals surface area contributed by atoms with Gasteiger partial charge in [-0.2, -0.15) is 0 Å². The molecule has 1 aliphatic rings. The Bertz CT molecular complexity index is 1200. The minimum Gasteiger partial charge on any atom is -0.458 e. The molecule has 0 radical (unpaired) electrons. The molecule has 1 aromatic heterocycles. The van der Waals surface area contributed by atoms with Gasteiger partial charge in [-0.05, 0) is 49.5 Å². The summed E-state index contributed by atoms with van der Waals surface area (Å²) in [5.41, 5.74) is 1.93. The quantitative estimate of drug-likeness (QED) is 0.312. The highest BCUT2D eigenvalue weighted by Crippen LogP contribution is 2.35. The predicted octanol–water partition coefficient (Wildman–Crippen LogP) is 4.29. The normalized spacial score (nSPS) is 15.8. The van der Waals surface area contributed by atoms with Gasteiger partial charge in [0.15, 0.2) is 5.11 Å². The Balaban J connectivity index is 1.69. The minimum absolute atomic E-state index is 0.0639. The van der Waals surface area contributed by atoms with Crippen LogP contribution >= 0.6 is 12.2 Å². The molecule has 0 bridgehead atoms. The summed E-state index contributed by atoms with van der Waals surface area (Å²) in [7, 11) is 0. The van der Waals surface area contributed by atoms with E-state index in [1.807, 2.05) is 18.2 Å². The number of rotatable bonds is 5. The van der Waals surface area contributed by atoms with Gasteiger partial charge in [0.2, 0.25) is 0 Å². The molecule has 0 saturated carbocycles. The first-order valence-corrected chi connectivity index (χ1v) is 9.83. The van der Waals surface area contributed by atoms with Gasteiger partial charge in [-0.3, -0.25) is 14.9 Å². The minimum atomic E-state index is -0.658. The summed E-state index contributed by atoms with van der Waals surface area (Å²) in [6.07, 6.45) is 0. The second-order valence-electron chi connectivity index (χ2n) is 6.87. The molecule has 3 N–H and O–H groups in total. The van der Waals surface area contributed by atoms with Crippen molar-refractivity contribution in [3.63, 3.8) is 0 Å². The largest absolute Gasteiger partial charge is 0.458 e. The van der Waals surface area contributed by atoms with Gasteiger partial charge in [0, 0.05) is 17.5 Å². The standard InChI is InChI=1S/C22H18N4O4S/c1-13-19(21(27)24-14-7-3-2-4-8-14)20(25-22(31)23-13)18-12-11-17(30-18)15-9-5-6-10-16(15)26(28)29/h2-12,20H,1H3,(H,24,27)(H2,23,25,31)/t20-/m1/s1. The first-order chi connectivity index (χ1) is 14.9. The van der Waals surface area contributed by atoms with E-state index in [1.165, 1.54) is 6.07 Å². The highest BCUT2D eigenvalue weighted by atomic mass is 32.1. The summed E-state index contributed by atoms with van der Waals surface area (Å²) >= 11 is 5.27. The lowest BCUT2D eigenvalue weighted by Crippen LogP contribution is -2.45. The lowest BCUT2D eigenvalue weighted by molar-refractivity contribution is -0.384. The summed E-state index contributed by atoms with van der Waals surface area (Å²) in [6, 6.07) is 18.1.